The van der Waals surface area contributed by atoms with Crippen LogP contribution >= 0.6 is 12.4 Å². The van der Waals surface area contributed by atoms with Gasteiger partial charge in [-0.25, -0.2) is 0 Å². The summed E-state index contributed by atoms with van der Waals surface area (Å²) in [6.07, 6.45) is 5.21. The van der Waals surface area contributed by atoms with Crippen LogP contribution in [-0.4, -0.2) is 53.2 Å². The number of carbonyl (C=O) groups excluding carboxylic acids is 4. The molecule has 4 atom stereocenters. The number of amides is 4. The van der Waals surface area contributed by atoms with E-state index in [1.807, 2.05) is 0 Å². The Labute approximate surface area is 186 Å². The maximum absolute atomic E-state index is 12.9. The molecule has 2 unspecified atom stereocenters. The second-order valence-corrected chi connectivity index (χ2v) is 8.96. The van der Waals surface area contributed by atoms with Crippen molar-refractivity contribution in [3.05, 3.63) is 34.9 Å². The Morgan fingerprint density at radius 3 is 2.55 bits per heavy atom. The fraction of sp³-hybridized carbons (Fsp3) is 0.545. The van der Waals surface area contributed by atoms with Gasteiger partial charge in [-0.05, 0) is 55.7 Å². The molecule has 0 radical (unpaired) electrons. The summed E-state index contributed by atoms with van der Waals surface area (Å²) < 4.78 is 0. The topological polar surface area (TPSA) is 108 Å². The van der Waals surface area contributed by atoms with Crippen molar-refractivity contribution in [3.63, 3.8) is 0 Å². The van der Waals surface area contributed by atoms with E-state index in [2.05, 4.69) is 16.0 Å². The van der Waals surface area contributed by atoms with E-state index in [0.29, 0.717) is 48.6 Å². The molecule has 5 rings (SSSR count). The van der Waals surface area contributed by atoms with Gasteiger partial charge < -0.3 is 15.5 Å². The number of hydrogen-bond donors (Lipinski definition) is 3. The molecule has 4 heterocycles. The highest BCUT2D eigenvalue weighted by atomic mass is 35.5. The fourth-order valence-corrected chi connectivity index (χ4v) is 5.38. The lowest BCUT2D eigenvalue weighted by Crippen LogP contribution is -2.52. The Balaban J connectivity index is 0.00000231. The molecule has 0 spiro atoms. The van der Waals surface area contributed by atoms with Gasteiger partial charge in [-0.2, -0.15) is 0 Å². The zero-order valence-corrected chi connectivity index (χ0v) is 18.0. The van der Waals surface area contributed by atoms with Crippen LogP contribution in [-0.2, 0) is 16.1 Å². The van der Waals surface area contributed by atoms with E-state index in [-0.39, 0.29) is 36.5 Å². The van der Waals surface area contributed by atoms with Crippen molar-refractivity contribution in [2.45, 2.75) is 63.2 Å². The molecular formula is C22H27ClN4O4. The fourth-order valence-electron chi connectivity index (χ4n) is 5.38. The van der Waals surface area contributed by atoms with Crippen molar-refractivity contribution < 1.29 is 19.2 Å². The van der Waals surface area contributed by atoms with Crippen molar-refractivity contribution >= 4 is 36.0 Å². The minimum Gasteiger partial charge on any atom is -0.352 e. The Morgan fingerprint density at radius 2 is 1.84 bits per heavy atom. The first-order chi connectivity index (χ1) is 14.5. The molecule has 1 aromatic carbocycles. The van der Waals surface area contributed by atoms with Crippen molar-refractivity contribution in [1.82, 2.24) is 20.9 Å². The predicted molar refractivity (Wildman–Crippen MR) is 115 cm³/mol. The van der Waals surface area contributed by atoms with Gasteiger partial charge in [0.05, 0.1) is 0 Å². The molecule has 31 heavy (non-hydrogen) atoms. The zero-order chi connectivity index (χ0) is 20.8. The van der Waals surface area contributed by atoms with Crippen molar-refractivity contribution in [2.24, 2.45) is 5.92 Å². The number of imide groups is 1. The minimum atomic E-state index is -0.643. The third kappa shape index (κ3) is 4.19. The Morgan fingerprint density at radius 1 is 1.10 bits per heavy atom. The van der Waals surface area contributed by atoms with Crippen LogP contribution in [0.3, 0.4) is 0 Å². The normalized spacial score (nSPS) is 29.3. The first kappa shape index (κ1) is 21.8. The zero-order valence-electron chi connectivity index (χ0n) is 17.2. The highest BCUT2D eigenvalue weighted by molar-refractivity contribution is 6.06. The second-order valence-electron chi connectivity index (χ2n) is 8.96. The van der Waals surface area contributed by atoms with Crippen LogP contribution in [0.1, 0.15) is 64.8 Å². The maximum Gasteiger partial charge on any atom is 0.255 e. The molecule has 0 aromatic heterocycles. The van der Waals surface area contributed by atoms with E-state index in [0.717, 1.165) is 18.4 Å². The van der Waals surface area contributed by atoms with E-state index in [4.69, 9.17) is 0 Å². The average Bonchev–Trinajstić information content (AvgIpc) is 3.24. The predicted octanol–water partition coefficient (Wildman–Crippen LogP) is 1.13. The Kier molecular flexibility index (Phi) is 6.03. The first-order valence-corrected chi connectivity index (χ1v) is 10.8. The number of carbonyl (C=O) groups is 4. The van der Waals surface area contributed by atoms with Gasteiger partial charge in [-0.15, -0.1) is 12.4 Å². The van der Waals surface area contributed by atoms with E-state index >= 15 is 0 Å². The number of piperidine rings is 2. The van der Waals surface area contributed by atoms with Gasteiger partial charge in [-0.1, -0.05) is 6.07 Å². The number of hydrogen-bond acceptors (Lipinski definition) is 5. The van der Waals surface area contributed by atoms with Gasteiger partial charge in [0.15, 0.2) is 0 Å². The summed E-state index contributed by atoms with van der Waals surface area (Å²) in [6.45, 7) is 0.973. The second kappa shape index (κ2) is 8.59. The maximum atomic E-state index is 12.9. The molecule has 9 heteroatoms. The molecule has 166 valence electrons. The lowest BCUT2D eigenvalue weighted by molar-refractivity contribution is -0.136. The third-order valence-electron chi connectivity index (χ3n) is 6.91. The van der Waals surface area contributed by atoms with E-state index in [9.17, 15) is 19.2 Å². The molecular weight excluding hydrogens is 420 g/mol. The molecule has 4 aliphatic rings. The molecule has 2 bridgehead atoms. The highest BCUT2D eigenvalue weighted by Gasteiger charge is 2.39. The summed E-state index contributed by atoms with van der Waals surface area (Å²) in [4.78, 5) is 50.6. The van der Waals surface area contributed by atoms with Crippen LogP contribution in [0.4, 0.5) is 0 Å². The highest BCUT2D eigenvalue weighted by Crippen LogP contribution is 2.31. The summed E-state index contributed by atoms with van der Waals surface area (Å²) in [7, 11) is 0. The van der Waals surface area contributed by atoms with Crippen molar-refractivity contribution in [1.29, 1.82) is 0 Å². The molecule has 4 amide bonds. The van der Waals surface area contributed by atoms with Crippen molar-refractivity contribution in [2.75, 3.05) is 6.54 Å². The van der Waals surface area contributed by atoms with Gasteiger partial charge in [-0.3, -0.25) is 24.5 Å². The van der Waals surface area contributed by atoms with Crippen LogP contribution in [0, 0.1) is 5.92 Å². The van der Waals surface area contributed by atoms with Crippen molar-refractivity contribution in [3.8, 4) is 0 Å². The summed E-state index contributed by atoms with van der Waals surface area (Å²) in [5.41, 5.74) is 1.73. The summed E-state index contributed by atoms with van der Waals surface area (Å²) >= 11 is 0. The molecule has 1 aromatic rings. The average molecular weight is 447 g/mol. The molecule has 3 saturated heterocycles. The molecule has 0 saturated carbocycles. The molecule has 4 aliphatic heterocycles. The van der Waals surface area contributed by atoms with Crippen LogP contribution in [0.15, 0.2) is 18.2 Å². The number of rotatable bonds is 4. The van der Waals surface area contributed by atoms with Crippen LogP contribution in [0.25, 0.3) is 0 Å². The van der Waals surface area contributed by atoms with E-state index < -0.39 is 11.9 Å². The summed E-state index contributed by atoms with van der Waals surface area (Å²) in [6, 6.07) is 5.68. The molecule has 3 N–H and O–H groups in total. The standard InChI is InChI=1S/C22H26N4O4.ClH/c27-19-6-5-18(21(29)25-19)26-11-14-2-1-13(9-17(14)22(26)30)20(28)23-10-12-7-15-3-4-16(8-12)24-15;/h1-2,9,12,15-16,18,24H,3-8,10-11H2,(H,23,28)(H,25,27,29);1H/t12?,15-,16+,18?;. The molecule has 8 nitrogen and oxygen atoms in total. The van der Waals surface area contributed by atoms with Gasteiger partial charge in [0.2, 0.25) is 11.8 Å². The van der Waals surface area contributed by atoms with Gasteiger partial charge in [0, 0.05) is 42.7 Å². The van der Waals surface area contributed by atoms with Gasteiger partial charge >= 0.3 is 0 Å². The monoisotopic (exact) mass is 446 g/mol. The largest absolute Gasteiger partial charge is 0.352 e. The summed E-state index contributed by atoms with van der Waals surface area (Å²) in [5.74, 6) is -0.672. The summed E-state index contributed by atoms with van der Waals surface area (Å²) in [5, 5.41) is 8.95. The van der Waals surface area contributed by atoms with Crippen LogP contribution in [0.5, 0.6) is 0 Å². The number of fused-ring (bicyclic) bond motifs is 3. The third-order valence-corrected chi connectivity index (χ3v) is 6.91. The van der Waals surface area contributed by atoms with Gasteiger partial charge in [0.1, 0.15) is 6.04 Å². The SMILES string of the molecule is Cl.O=C1CCC(N2Cc3ccc(C(=O)NCC4C[C@H]5CC[C@@H](C4)N5)cc3C2=O)C(=O)N1. The molecule has 3 fully saturated rings. The first-order valence-electron chi connectivity index (χ1n) is 10.8. The Bertz CT molecular complexity index is 924. The van der Waals surface area contributed by atoms with E-state index in [1.165, 1.54) is 17.7 Å². The van der Waals surface area contributed by atoms with Gasteiger partial charge in [0.25, 0.3) is 11.8 Å². The van der Waals surface area contributed by atoms with Crippen LogP contribution in [0.2, 0.25) is 0 Å². The number of halogens is 1. The number of nitrogens with one attached hydrogen (secondary N) is 3. The smallest absolute Gasteiger partial charge is 0.255 e. The van der Waals surface area contributed by atoms with E-state index in [1.54, 1.807) is 18.2 Å². The van der Waals surface area contributed by atoms with Crippen LogP contribution < -0.4 is 16.0 Å². The quantitative estimate of drug-likeness (QED) is 0.601. The minimum absolute atomic E-state index is 0. The molecule has 0 aliphatic carbocycles. The number of nitrogens with zero attached hydrogens (tertiary/aromatic N) is 1. The lowest BCUT2D eigenvalue weighted by Gasteiger charge is -2.29. The lowest BCUT2D eigenvalue weighted by atomic mass is 9.92. The number of benzene rings is 1. The Hall–Kier alpha value is -2.45.